The van der Waals surface area contributed by atoms with Crippen LogP contribution in [-0.4, -0.2) is 11.0 Å². The van der Waals surface area contributed by atoms with Crippen molar-refractivity contribution in [1.82, 2.24) is 5.32 Å². The number of aryl methyl sites for hydroxylation is 1. The summed E-state index contributed by atoms with van der Waals surface area (Å²) in [6.45, 7) is 2.14. The lowest BCUT2D eigenvalue weighted by Crippen LogP contribution is -2.22. The van der Waals surface area contributed by atoms with Crippen molar-refractivity contribution >= 4 is 16.7 Å². The van der Waals surface area contributed by atoms with Crippen molar-refractivity contribution in [2.45, 2.75) is 13.5 Å². The number of furan rings is 1. The average molecular weight is 281 g/mol. The van der Waals surface area contributed by atoms with Gasteiger partial charge in [0.2, 0.25) is 0 Å². The molecule has 0 atom stereocenters. The van der Waals surface area contributed by atoms with Crippen molar-refractivity contribution in [2.24, 2.45) is 0 Å². The molecule has 1 amide bonds. The molecule has 2 aromatic carbocycles. The second-order valence-electron chi connectivity index (χ2n) is 4.88. The molecule has 1 heterocycles. The number of carbonyl (C=O) groups is 1. The summed E-state index contributed by atoms with van der Waals surface area (Å²) < 4.78 is 5.39. The fourth-order valence-electron chi connectivity index (χ4n) is 2.28. The van der Waals surface area contributed by atoms with Gasteiger partial charge in [-0.3, -0.25) is 4.79 Å². The first kappa shape index (κ1) is 13.2. The Morgan fingerprint density at radius 3 is 2.71 bits per heavy atom. The Hall–Kier alpha value is -2.75. The van der Waals surface area contributed by atoms with E-state index in [1.165, 1.54) is 0 Å². The molecule has 1 aromatic heterocycles. The molecule has 3 rings (SSSR count). The van der Waals surface area contributed by atoms with E-state index < -0.39 is 0 Å². The lowest BCUT2D eigenvalue weighted by molar-refractivity contribution is 0.0945. The Morgan fingerprint density at radius 1 is 1.14 bits per heavy atom. The van der Waals surface area contributed by atoms with Gasteiger partial charge in [0.15, 0.2) is 0 Å². The number of carbonyl (C=O) groups excluding carboxylic acids is 1. The lowest BCUT2D eigenvalue weighted by atomic mass is 10.0. The van der Waals surface area contributed by atoms with Gasteiger partial charge in [-0.25, -0.2) is 0 Å². The molecule has 0 saturated carbocycles. The van der Waals surface area contributed by atoms with E-state index in [2.05, 4.69) is 5.32 Å². The van der Waals surface area contributed by atoms with Crippen LogP contribution in [0.4, 0.5) is 0 Å². The zero-order valence-corrected chi connectivity index (χ0v) is 11.6. The van der Waals surface area contributed by atoms with Gasteiger partial charge < -0.3 is 14.8 Å². The maximum atomic E-state index is 12.2. The van der Waals surface area contributed by atoms with Crippen molar-refractivity contribution in [3.05, 3.63) is 65.6 Å². The Kier molecular flexibility index (Phi) is 3.36. The number of phenolic OH excluding ortho intramolecular Hbond substituents is 1. The normalized spacial score (nSPS) is 10.7. The van der Waals surface area contributed by atoms with Crippen LogP contribution in [0.25, 0.3) is 10.8 Å². The zero-order chi connectivity index (χ0) is 14.8. The number of phenols is 1. The standard InChI is InChI=1S/C17H15NO3/c1-11-6-8-13(21-11)10-18-17(20)15-9-7-12-4-2-3-5-14(12)16(15)19/h2-9,19H,10H2,1H3,(H,18,20). The highest BCUT2D eigenvalue weighted by Gasteiger charge is 2.13. The van der Waals surface area contributed by atoms with Crippen LogP contribution in [0.1, 0.15) is 21.9 Å². The van der Waals surface area contributed by atoms with E-state index in [9.17, 15) is 9.90 Å². The summed E-state index contributed by atoms with van der Waals surface area (Å²) in [5, 5.41) is 14.5. The molecular formula is C17H15NO3. The lowest BCUT2D eigenvalue weighted by Gasteiger charge is -2.08. The SMILES string of the molecule is Cc1ccc(CNC(=O)c2ccc3ccccc3c2O)o1. The molecule has 106 valence electrons. The smallest absolute Gasteiger partial charge is 0.255 e. The average Bonchev–Trinajstić information content (AvgIpc) is 2.91. The van der Waals surface area contributed by atoms with E-state index in [0.29, 0.717) is 17.7 Å². The van der Waals surface area contributed by atoms with Gasteiger partial charge in [0.25, 0.3) is 5.91 Å². The van der Waals surface area contributed by atoms with E-state index in [1.54, 1.807) is 12.1 Å². The van der Waals surface area contributed by atoms with Gasteiger partial charge in [0, 0.05) is 5.39 Å². The number of hydrogen-bond acceptors (Lipinski definition) is 3. The van der Waals surface area contributed by atoms with E-state index in [-0.39, 0.29) is 17.2 Å². The van der Waals surface area contributed by atoms with Gasteiger partial charge in [-0.15, -0.1) is 0 Å². The van der Waals surface area contributed by atoms with Crippen LogP contribution in [0.5, 0.6) is 5.75 Å². The Labute approximate surface area is 122 Å². The number of amides is 1. The third kappa shape index (κ3) is 2.60. The van der Waals surface area contributed by atoms with Crippen molar-refractivity contribution < 1.29 is 14.3 Å². The Balaban J connectivity index is 1.82. The quantitative estimate of drug-likeness (QED) is 0.773. The topological polar surface area (TPSA) is 62.5 Å². The first-order valence-electron chi connectivity index (χ1n) is 6.69. The fourth-order valence-corrected chi connectivity index (χ4v) is 2.28. The molecule has 0 aliphatic carbocycles. The minimum absolute atomic E-state index is 0.00113. The molecule has 0 spiro atoms. The summed E-state index contributed by atoms with van der Waals surface area (Å²) in [6, 6.07) is 14.5. The highest BCUT2D eigenvalue weighted by Crippen LogP contribution is 2.28. The maximum absolute atomic E-state index is 12.2. The van der Waals surface area contributed by atoms with Crippen LogP contribution in [0.3, 0.4) is 0 Å². The molecule has 2 N–H and O–H groups in total. The highest BCUT2D eigenvalue weighted by atomic mass is 16.3. The molecule has 0 aliphatic heterocycles. The fraction of sp³-hybridized carbons (Fsp3) is 0.118. The monoisotopic (exact) mass is 281 g/mol. The second-order valence-corrected chi connectivity index (χ2v) is 4.88. The van der Waals surface area contributed by atoms with Crippen LogP contribution >= 0.6 is 0 Å². The molecule has 0 saturated heterocycles. The first-order valence-corrected chi connectivity index (χ1v) is 6.69. The molecule has 3 aromatic rings. The number of hydrogen-bond donors (Lipinski definition) is 2. The van der Waals surface area contributed by atoms with Gasteiger partial charge >= 0.3 is 0 Å². The van der Waals surface area contributed by atoms with Gasteiger partial charge in [-0.1, -0.05) is 30.3 Å². The third-order valence-electron chi connectivity index (χ3n) is 3.36. The molecule has 21 heavy (non-hydrogen) atoms. The van der Waals surface area contributed by atoms with E-state index >= 15 is 0 Å². The zero-order valence-electron chi connectivity index (χ0n) is 11.6. The molecule has 0 aliphatic rings. The Morgan fingerprint density at radius 2 is 1.95 bits per heavy atom. The first-order chi connectivity index (χ1) is 10.1. The van der Waals surface area contributed by atoms with Crippen molar-refractivity contribution in [2.75, 3.05) is 0 Å². The van der Waals surface area contributed by atoms with Crippen molar-refractivity contribution in [3.8, 4) is 5.75 Å². The molecule has 4 nitrogen and oxygen atoms in total. The second kappa shape index (κ2) is 5.32. The molecule has 4 heteroatoms. The van der Waals surface area contributed by atoms with Crippen LogP contribution < -0.4 is 5.32 Å². The minimum Gasteiger partial charge on any atom is -0.506 e. The largest absolute Gasteiger partial charge is 0.506 e. The van der Waals surface area contributed by atoms with Crippen LogP contribution in [0.2, 0.25) is 0 Å². The predicted molar refractivity (Wildman–Crippen MR) is 80.2 cm³/mol. The van der Waals surface area contributed by atoms with Crippen molar-refractivity contribution in [1.29, 1.82) is 0 Å². The molecule has 0 bridgehead atoms. The molecular weight excluding hydrogens is 266 g/mol. The van der Waals surface area contributed by atoms with Gasteiger partial charge in [0.05, 0.1) is 12.1 Å². The Bertz CT molecular complexity index is 805. The summed E-state index contributed by atoms with van der Waals surface area (Å²) in [4.78, 5) is 12.2. The summed E-state index contributed by atoms with van der Waals surface area (Å²) in [7, 11) is 0. The van der Waals surface area contributed by atoms with Gasteiger partial charge in [-0.2, -0.15) is 0 Å². The number of fused-ring (bicyclic) bond motifs is 1. The van der Waals surface area contributed by atoms with Gasteiger partial charge in [-0.05, 0) is 30.5 Å². The third-order valence-corrected chi connectivity index (χ3v) is 3.36. The molecule has 0 fully saturated rings. The summed E-state index contributed by atoms with van der Waals surface area (Å²) in [6.07, 6.45) is 0. The number of benzene rings is 2. The summed E-state index contributed by atoms with van der Waals surface area (Å²) in [5.41, 5.74) is 0.261. The van der Waals surface area contributed by atoms with Crippen LogP contribution in [0, 0.1) is 6.92 Å². The van der Waals surface area contributed by atoms with Crippen LogP contribution in [-0.2, 0) is 6.54 Å². The van der Waals surface area contributed by atoms with Crippen molar-refractivity contribution in [3.63, 3.8) is 0 Å². The van der Waals surface area contributed by atoms with Crippen LogP contribution in [0.15, 0.2) is 52.9 Å². The molecule has 0 radical (unpaired) electrons. The minimum atomic E-state index is -0.327. The maximum Gasteiger partial charge on any atom is 0.255 e. The summed E-state index contributed by atoms with van der Waals surface area (Å²) in [5.74, 6) is 1.16. The highest BCUT2D eigenvalue weighted by molar-refractivity contribution is 6.03. The van der Waals surface area contributed by atoms with Gasteiger partial charge in [0.1, 0.15) is 17.3 Å². The van der Waals surface area contributed by atoms with E-state index in [4.69, 9.17) is 4.42 Å². The predicted octanol–water partition coefficient (Wildman–Crippen LogP) is 3.38. The number of nitrogens with one attached hydrogen (secondary N) is 1. The number of rotatable bonds is 3. The van der Waals surface area contributed by atoms with E-state index in [1.807, 2.05) is 43.3 Å². The molecule has 0 unspecified atom stereocenters. The van der Waals surface area contributed by atoms with E-state index in [0.717, 1.165) is 11.1 Å². The summed E-state index contributed by atoms with van der Waals surface area (Å²) >= 11 is 0. The number of aromatic hydroxyl groups is 1.